The zero-order valence-electron chi connectivity index (χ0n) is 8.27. The van der Waals surface area contributed by atoms with Crippen molar-refractivity contribution in [3.8, 4) is 0 Å². The van der Waals surface area contributed by atoms with Crippen LogP contribution in [-0.4, -0.2) is 28.7 Å². The quantitative estimate of drug-likeness (QED) is 0.639. The second kappa shape index (κ2) is 4.09. The van der Waals surface area contributed by atoms with Crippen LogP contribution in [0.2, 0.25) is 0 Å². The van der Waals surface area contributed by atoms with Crippen molar-refractivity contribution < 1.29 is 14.4 Å². The third-order valence-electron chi connectivity index (χ3n) is 2.20. The van der Waals surface area contributed by atoms with Crippen molar-refractivity contribution in [3.05, 3.63) is 30.1 Å². The van der Waals surface area contributed by atoms with Gasteiger partial charge in [-0.3, -0.25) is 24.7 Å². The van der Waals surface area contributed by atoms with Crippen LogP contribution >= 0.6 is 0 Å². The lowest BCUT2D eigenvalue weighted by molar-refractivity contribution is -0.125. The van der Waals surface area contributed by atoms with Crippen LogP contribution < -0.4 is 10.6 Å². The van der Waals surface area contributed by atoms with Crippen molar-refractivity contribution in [3.63, 3.8) is 0 Å². The van der Waals surface area contributed by atoms with Gasteiger partial charge in [0.05, 0.1) is 12.0 Å². The van der Waals surface area contributed by atoms with Gasteiger partial charge in [-0.1, -0.05) is 0 Å². The highest BCUT2D eigenvalue weighted by molar-refractivity contribution is 6.08. The Hall–Kier alpha value is -2.24. The normalized spacial score (nSPS) is 19.4. The molecular weight excluding hydrogens is 210 g/mol. The molecule has 1 aromatic heterocycles. The van der Waals surface area contributed by atoms with E-state index in [0.29, 0.717) is 5.56 Å². The molecule has 1 saturated heterocycles. The van der Waals surface area contributed by atoms with Gasteiger partial charge in [-0.05, 0) is 12.1 Å². The molecule has 2 rings (SSSR count). The summed E-state index contributed by atoms with van der Waals surface area (Å²) in [5, 5.41) is 4.58. The first-order valence-corrected chi connectivity index (χ1v) is 4.71. The first kappa shape index (κ1) is 10.3. The SMILES string of the molecule is O=C1CC(NC(=O)c2cccnc2)C(=O)N1. The van der Waals surface area contributed by atoms with E-state index in [1.807, 2.05) is 0 Å². The fourth-order valence-electron chi connectivity index (χ4n) is 1.41. The Morgan fingerprint density at radius 1 is 1.50 bits per heavy atom. The van der Waals surface area contributed by atoms with Gasteiger partial charge >= 0.3 is 0 Å². The highest BCUT2D eigenvalue weighted by Gasteiger charge is 2.31. The van der Waals surface area contributed by atoms with Crippen molar-refractivity contribution in [1.29, 1.82) is 0 Å². The molecule has 0 saturated carbocycles. The molecule has 1 unspecified atom stereocenters. The summed E-state index contributed by atoms with van der Waals surface area (Å²) in [6.45, 7) is 0. The maximum absolute atomic E-state index is 11.6. The van der Waals surface area contributed by atoms with Crippen molar-refractivity contribution in [2.75, 3.05) is 0 Å². The van der Waals surface area contributed by atoms with Gasteiger partial charge in [0.15, 0.2) is 0 Å². The summed E-state index contributed by atoms with van der Waals surface area (Å²) < 4.78 is 0. The van der Waals surface area contributed by atoms with Gasteiger partial charge in [-0.2, -0.15) is 0 Å². The number of hydrogen-bond acceptors (Lipinski definition) is 4. The predicted molar refractivity (Wildman–Crippen MR) is 53.3 cm³/mol. The molecule has 1 aliphatic heterocycles. The average molecular weight is 219 g/mol. The van der Waals surface area contributed by atoms with Crippen molar-refractivity contribution in [2.45, 2.75) is 12.5 Å². The van der Waals surface area contributed by atoms with Crippen LogP contribution in [-0.2, 0) is 9.59 Å². The second-order valence-electron chi connectivity index (χ2n) is 3.38. The molecule has 1 fully saturated rings. The summed E-state index contributed by atoms with van der Waals surface area (Å²) in [6.07, 6.45) is 2.93. The molecule has 0 aromatic carbocycles. The number of imide groups is 1. The molecule has 6 nitrogen and oxygen atoms in total. The van der Waals surface area contributed by atoms with Gasteiger partial charge in [-0.15, -0.1) is 0 Å². The van der Waals surface area contributed by atoms with E-state index < -0.39 is 17.9 Å². The van der Waals surface area contributed by atoms with Gasteiger partial charge in [-0.25, -0.2) is 0 Å². The number of amides is 3. The molecule has 0 aliphatic carbocycles. The summed E-state index contributed by atoms with van der Waals surface area (Å²) >= 11 is 0. The molecule has 0 spiro atoms. The number of pyridine rings is 1. The van der Waals surface area contributed by atoms with Gasteiger partial charge in [0.1, 0.15) is 6.04 Å². The molecule has 0 radical (unpaired) electrons. The minimum Gasteiger partial charge on any atom is -0.340 e. The maximum Gasteiger partial charge on any atom is 0.253 e. The van der Waals surface area contributed by atoms with Gasteiger partial charge in [0.2, 0.25) is 11.8 Å². The molecule has 2 N–H and O–H groups in total. The third kappa shape index (κ3) is 2.05. The first-order chi connectivity index (χ1) is 7.66. The summed E-state index contributed by atoms with van der Waals surface area (Å²) in [4.78, 5) is 37.5. The Kier molecular flexibility index (Phi) is 2.63. The summed E-state index contributed by atoms with van der Waals surface area (Å²) in [5.74, 6) is -1.26. The highest BCUT2D eigenvalue weighted by atomic mass is 16.2. The lowest BCUT2D eigenvalue weighted by Crippen LogP contribution is -2.40. The van der Waals surface area contributed by atoms with Crippen molar-refractivity contribution >= 4 is 17.7 Å². The Labute approximate surface area is 91.1 Å². The minimum atomic E-state index is -0.778. The number of rotatable bonds is 2. The van der Waals surface area contributed by atoms with Crippen LogP contribution in [0.25, 0.3) is 0 Å². The van der Waals surface area contributed by atoms with Gasteiger partial charge in [0.25, 0.3) is 5.91 Å². The number of nitrogens with one attached hydrogen (secondary N) is 2. The van der Waals surface area contributed by atoms with E-state index >= 15 is 0 Å². The van der Waals surface area contributed by atoms with Crippen molar-refractivity contribution in [1.82, 2.24) is 15.6 Å². The lowest BCUT2D eigenvalue weighted by Gasteiger charge is -2.08. The van der Waals surface area contributed by atoms with Crippen LogP contribution in [0.15, 0.2) is 24.5 Å². The summed E-state index contributed by atoms with van der Waals surface area (Å²) in [7, 11) is 0. The van der Waals surface area contributed by atoms with Crippen molar-refractivity contribution in [2.24, 2.45) is 0 Å². The van der Waals surface area contributed by atoms with Crippen LogP contribution in [0.3, 0.4) is 0 Å². The predicted octanol–water partition coefficient (Wildman–Crippen LogP) is -0.774. The summed E-state index contributed by atoms with van der Waals surface area (Å²) in [5.41, 5.74) is 0.356. The van der Waals surface area contributed by atoms with E-state index in [4.69, 9.17) is 0 Å². The standard InChI is InChI=1S/C10H9N3O3/c14-8-4-7(10(16)13-8)12-9(15)6-2-1-3-11-5-6/h1-3,5,7H,4H2,(H,12,15)(H,13,14,16). The van der Waals surface area contributed by atoms with E-state index in [9.17, 15) is 14.4 Å². The molecule has 3 amide bonds. The zero-order chi connectivity index (χ0) is 11.5. The van der Waals surface area contributed by atoms with E-state index in [2.05, 4.69) is 15.6 Å². The highest BCUT2D eigenvalue weighted by Crippen LogP contribution is 2.03. The molecule has 0 bridgehead atoms. The average Bonchev–Trinajstić information content (AvgIpc) is 2.59. The number of carbonyl (C=O) groups is 3. The van der Waals surface area contributed by atoms with E-state index in [0.717, 1.165) is 0 Å². The monoisotopic (exact) mass is 219 g/mol. The largest absolute Gasteiger partial charge is 0.340 e. The Bertz CT molecular complexity index is 444. The number of aromatic nitrogens is 1. The molecule has 6 heteroatoms. The third-order valence-corrected chi connectivity index (χ3v) is 2.20. The Morgan fingerprint density at radius 2 is 2.31 bits per heavy atom. The van der Waals surface area contributed by atoms with Crippen LogP contribution in [0, 0.1) is 0 Å². The van der Waals surface area contributed by atoms with Crippen LogP contribution in [0.1, 0.15) is 16.8 Å². The fraction of sp³-hybridized carbons (Fsp3) is 0.200. The van der Waals surface area contributed by atoms with Gasteiger partial charge < -0.3 is 5.32 Å². The molecule has 82 valence electrons. The molecule has 2 heterocycles. The fourth-order valence-corrected chi connectivity index (χ4v) is 1.41. The van der Waals surface area contributed by atoms with E-state index in [-0.39, 0.29) is 12.3 Å². The van der Waals surface area contributed by atoms with Crippen LogP contribution in [0.4, 0.5) is 0 Å². The molecular formula is C10H9N3O3. The molecule has 1 aromatic rings. The topological polar surface area (TPSA) is 88.2 Å². The number of carbonyl (C=O) groups excluding carboxylic acids is 3. The lowest BCUT2D eigenvalue weighted by atomic mass is 10.2. The van der Waals surface area contributed by atoms with E-state index in [1.165, 1.54) is 6.20 Å². The smallest absolute Gasteiger partial charge is 0.253 e. The zero-order valence-corrected chi connectivity index (χ0v) is 8.27. The molecule has 1 aliphatic rings. The minimum absolute atomic E-state index is 0.00909. The Balaban J connectivity index is 2.03. The Morgan fingerprint density at radius 3 is 2.88 bits per heavy atom. The second-order valence-corrected chi connectivity index (χ2v) is 3.38. The molecule has 1 atom stereocenters. The van der Waals surface area contributed by atoms with Gasteiger partial charge in [0, 0.05) is 12.4 Å². The van der Waals surface area contributed by atoms with Crippen LogP contribution in [0.5, 0.6) is 0 Å². The first-order valence-electron chi connectivity index (χ1n) is 4.71. The summed E-state index contributed by atoms with van der Waals surface area (Å²) in [6, 6.07) is 2.42. The number of hydrogen-bond donors (Lipinski definition) is 2. The van der Waals surface area contributed by atoms with E-state index in [1.54, 1.807) is 18.3 Å². The maximum atomic E-state index is 11.6. The molecule has 16 heavy (non-hydrogen) atoms. The number of nitrogens with zero attached hydrogens (tertiary/aromatic N) is 1.